The highest BCUT2D eigenvalue weighted by Gasteiger charge is 2.12. The zero-order valence-electron chi connectivity index (χ0n) is 11.4. The van der Waals surface area contributed by atoms with Gasteiger partial charge >= 0.3 is 0 Å². The normalized spacial score (nSPS) is 10.9. The zero-order valence-corrected chi connectivity index (χ0v) is 11.4. The van der Waals surface area contributed by atoms with E-state index in [0.717, 1.165) is 21.7 Å². The molecule has 2 aromatic heterocycles. The first-order valence-electron chi connectivity index (χ1n) is 6.35. The predicted molar refractivity (Wildman–Crippen MR) is 80.3 cm³/mol. The molecule has 0 unspecified atom stereocenters. The first-order valence-corrected chi connectivity index (χ1v) is 6.35. The van der Waals surface area contributed by atoms with Gasteiger partial charge in [0.2, 0.25) is 0 Å². The molecule has 0 bridgehead atoms. The molecule has 0 fully saturated rings. The van der Waals surface area contributed by atoms with E-state index in [9.17, 15) is 5.21 Å². The molecule has 1 aromatic carbocycles. The molecule has 0 aliphatic rings. The quantitative estimate of drug-likeness (QED) is 0.623. The molecular weight excluding hydrogens is 252 g/mol. The minimum absolute atomic E-state index is 0.469. The van der Waals surface area contributed by atoms with Gasteiger partial charge in [0.25, 0.3) is 0 Å². The second kappa shape index (κ2) is 4.54. The van der Waals surface area contributed by atoms with Crippen LogP contribution in [0.1, 0.15) is 11.3 Å². The van der Waals surface area contributed by atoms with E-state index in [0.29, 0.717) is 17.1 Å². The molecule has 3 rings (SSSR count). The average Bonchev–Trinajstić information content (AvgIpc) is 2.74. The Kier molecular flexibility index (Phi) is 2.84. The second-order valence-electron chi connectivity index (χ2n) is 4.85. The fourth-order valence-electron chi connectivity index (χ4n) is 2.29. The van der Waals surface area contributed by atoms with Crippen LogP contribution in [0.3, 0.4) is 0 Å². The van der Waals surface area contributed by atoms with Gasteiger partial charge in [-0.25, -0.2) is 5.06 Å². The number of pyridine rings is 1. The van der Waals surface area contributed by atoms with Gasteiger partial charge in [0, 0.05) is 22.8 Å². The molecule has 0 atom stereocenters. The molecule has 4 N–H and O–H groups in total. The zero-order chi connectivity index (χ0) is 14.3. The highest BCUT2D eigenvalue weighted by molar-refractivity contribution is 5.88. The Balaban J connectivity index is 2.10. The van der Waals surface area contributed by atoms with Crippen LogP contribution in [-0.4, -0.2) is 15.2 Å². The van der Waals surface area contributed by atoms with Crippen molar-refractivity contribution < 1.29 is 5.21 Å². The summed E-state index contributed by atoms with van der Waals surface area (Å²) in [7, 11) is 0. The van der Waals surface area contributed by atoms with E-state index >= 15 is 0 Å². The molecule has 0 radical (unpaired) electrons. The number of H-pyrrole nitrogens is 1. The second-order valence-corrected chi connectivity index (χ2v) is 4.85. The smallest absolute Gasteiger partial charge is 0.110 e. The molecule has 102 valence electrons. The number of hydrogen-bond donors (Lipinski definition) is 3. The Morgan fingerprint density at radius 3 is 2.80 bits per heavy atom. The van der Waals surface area contributed by atoms with Crippen LogP contribution in [0, 0.1) is 13.8 Å². The van der Waals surface area contributed by atoms with Gasteiger partial charge in [-0.2, -0.15) is 0 Å². The van der Waals surface area contributed by atoms with Crippen LogP contribution in [0.5, 0.6) is 0 Å². The fraction of sp³-hybridized carbons (Fsp3) is 0.133. The third kappa shape index (κ3) is 1.88. The van der Waals surface area contributed by atoms with E-state index in [1.807, 2.05) is 25.1 Å². The molecule has 0 spiro atoms. The standard InChI is InChI=1S/C15H16N4O/c1-9-10(2)18-14-4-3-11(7-12(9)14)19(20)15-8-17-6-5-13(15)16/h3-8,18,20H,1-2H3,(H2,16,17). The van der Waals surface area contributed by atoms with Crippen molar-refractivity contribution in [2.75, 3.05) is 10.8 Å². The number of nitrogens with one attached hydrogen (secondary N) is 1. The lowest BCUT2D eigenvalue weighted by Crippen LogP contribution is -2.12. The Morgan fingerprint density at radius 1 is 1.25 bits per heavy atom. The SMILES string of the molecule is Cc1[nH]c2ccc(N(O)c3cnccc3N)cc2c1C. The highest BCUT2D eigenvalue weighted by Crippen LogP contribution is 2.31. The Bertz CT molecular complexity index is 779. The average molecular weight is 268 g/mol. The van der Waals surface area contributed by atoms with Crippen molar-refractivity contribution >= 4 is 28.0 Å². The van der Waals surface area contributed by atoms with Crippen LogP contribution in [0.4, 0.5) is 17.1 Å². The van der Waals surface area contributed by atoms with Crippen LogP contribution in [0.15, 0.2) is 36.7 Å². The molecule has 5 heteroatoms. The van der Waals surface area contributed by atoms with Crippen LogP contribution >= 0.6 is 0 Å². The first-order chi connectivity index (χ1) is 9.58. The highest BCUT2D eigenvalue weighted by atomic mass is 16.5. The van der Waals surface area contributed by atoms with Crippen molar-refractivity contribution in [3.05, 3.63) is 47.9 Å². The molecule has 0 saturated heterocycles. The Labute approximate surface area is 116 Å². The van der Waals surface area contributed by atoms with Crippen molar-refractivity contribution in [3.63, 3.8) is 0 Å². The Morgan fingerprint density at radius 2 is 2.05 bits per heavy atom. The molecular formula is C15H16N4O. The lowest BCUT2D eigenvalue weighted by Gasteiger charge is -2.18. The van der Waals surface area contributed by atoms with Crippen LogP contribution in [0.2, 0.25) is 0 Å². The molecule has 20 heavy (non-hydrogen) atoms. The first kappa shape index (κ1) is 12.5. The third-order valence-electron chi connectivity index (χ3n) is 3.60. The molecule has 5 nitrogen and oxygen atoms in total. The largest absolute Gasteiger partial charge is 0.397 e. The number of hydrogen-bond acceptors (Lipinski definition) is 4. The summed E-state index contributed by atoms with van der Waals surface area (Å²) in [6, 6.07) is 7.37. The summed E-state index contributed by atoms with van der Waals surface area (Å²) in [6.07, 6.45) is 3.13. The van der Waals surface area contributed by atoms with Crippen molar-refractivity contribution in [2.24, 2.45) is 0 Å². The van der Waals surface area contributed by atoms with Crippen molar-refractivity contribution in [1.29, 1.82) is 0 Å². The maximum absolute atomic E-state index is 10.3. The van der Waals surface area contributed by atoms with Crippen LogP contribution < -0.4 is 10.8 Å². The number of rotatable bonds is 2. The Hall–Kier alpha value is -2.53. The van der Waals surface area contributed by atoms with Crippen molar-refractivity contribution in [2.45, 2.75) is 13.8 Å². The molecule has 0 aliphatic carbocycles. The number of aromatic amines is 1. The van der Waals surface area contributed by atoms with Gasteiger partial charge in [0.1, 0.15) is 5.69 Å². The van der Waals surface area contributed by atoms with E-state index in [1.54, 1.807) is 12.3 Å². The molecule has 0 saturated carbocycles. The summed E-state index contributed by atoms with van der Waals surface area (Å²) in [5.41, 5.74) is 10.8. The summed E-state index contributed by atoms with van der Waals surface area (Å²) in [4.78, 5) is 7.30. The monoisotopic (exact) mass is 268 g/mol. The number of aromatic nitrogens is 2. The number of benzene rings is 1. The van der Waals surface area contributed by atoms with Crippen molar-refractivity contribution in [3.8, 4) is 0 Å². The van der Waals surface area contributed by atoms with Gasteiger partial charge in [-0.1, -0.05) is 0 Å². The number of fused-ring (bicyclic) bond motifs is 1. The van der Waals surface area contributed by atoms with E-state index in [4.69, 9.17) is 5.73 Å². The van der Waals surface area contributed by atoms with Gasteiger partial charge in [0.15, 0.2) is 0 Å². The minimum Gasteiger partial charge on any atom is -0.397 e. The van der Waals surface area contributed by atoms with Crippen LogP contribution in [0.25, 0.3) is 10.9 Å². The number of nitrogens with zero attached hydrogens (tertiary/aromatic N) is 2. The number of nitrogen functional groups attached to an aromatic ring is 1. The number of anilines is 3. The topological polar surface area (TPSA) is 78.2 Å². The minimum atomic E-state index is 0.469. The maximum Gasteiger partial charge on any atom is 0.110 e. The summed E-state index contributed by atoms with van der Waals surface area (Å²) < 4.78 is 0. The van der Waals surface area contributed by atoms with Gasteiger partial charge in [-0.3, -0.25) is 10.2 Å². The summed E-state index contributed by atoms with van der Waals surface area (Å²) in [5.74, 6) is 0. The van der Waals surface area contributed by atoms with E-state index in [-0.39, 0.29) is 0 Å². The van der Waals surface area contributed by atoms with Gasteiger partial charge in [0.05, 0.1) is 17.6 Å². The predicted octanol–water partition coefficient (Wildman–Crippen LogP) is 3.29. The van der Waals surface area contributed by atoms with Crippen LogP contribution in [-0.2, 0) is 0 Å². The van der Waals surface area contributed by atoms with Gasteiger partial charge in [-0.05, 0) is 43.7 Å². The lowest BCUT2D eigenvalue weighted by molar-refractivity contribution is 0.301. The number of aryl methyl sites for hydroxylation is 2. The summed E-state index contributed by atoms with van der Waals surface area (Å²) >= 11 is 0. The van der Waals surface area contributed by atoms with E-state index in [2.05, 4.69) is 16.9 Å². The van der Waals surface area contributed by atoms with E-state index < -0.39 is 0 Å². The maximum atomic E-state index is 10.3. The molecule has 3 aromatic rings. The van der Waals surface area contributed by atoms with E-state index in [1.165, 1.54) is 11.8 Å². The summed E-state index contributed by atoms with van der Waals surface area (Å²) in [5, 5.41) is 12.5. The molecule has 2 heterocycles. The number of nitrogens with two attached hydrogens (primary N) is 1. The molecule has 0 amide bonds. The third-order valence-corrected chi connectivity index (χ3v) is 3.60. The van der Waals surface area contributed by atoms with Crippen molar-refractivity contribution in [1.82, 2.24) is 9.97 Å². The summed E-state index contributed by atoms with van der Waals surface area (Å²) in [6.45, 7) is 4.09. The van der Waals surface area contributed by atoms with Gasteiger partial charge in [-0.15, -0.1) is 0 Å². The molecule has 0 aliphatic heterocycles. The lowest BCUT2D eigenvalue weighted by atomic mass is 10.1. The van der Waals surface area contributed by atoms with Gasteiger partial charge < -0.3 is 10.7 Å². The fourth-order valence-corrected chi connectivity index (χ4v) is 2.29.